The number of aryl methyl sites for hydroxylation is 1. The van der Waals surface area contributed by atoms with Crippen LogP contribution in [0, 0.1) is 12.7 Å². The summed E-state index contributed by atoms with van der Waals surface area (Å²) in [4.78, 5) is 23.4. The van der Waals surface area contributed by atoms with E-state index < -0.39 is 18.0 Å². The number of halogens is 1. The summed E-state index contributed by atoms with van der Waals surface area (Å²) in [7, 11) is 1.46. The zero-order chi connectivity index (χ0) is 26.8. The molecule has 5 rings (SSSR count). The van der Waals surface area contributed by atoms with Crippen LogP contribution in [0.3, 0.4) is 0 Å². The largest absolute Gasteiger partial charge is 0.493 e. The van der Waals surface area contributed by atoms with E-state index in [1.165, 1.54) is 19.5 Å². The molecule has 0 bridgehead atoms. The Balaban J connectivity index is 1.29. The molecule has 2 heterocycles. The lowest BCUT2D eigenvalue weighted by atomic mass is 10.1. The van der Waals surface area contributed by atoms with Gasteiger partial charge in [0.05, 0.1) is 36.6 Å². The molecular weight excluding hydrogens is 495 g/mol. The molecule has 11 heteroatoms. The third kappa shape index (κ3) is 5.79. The van der Waals surface area contributed by atoms with Gasteiger partial charge < -0.3 is 34.7 Å². The van der Waals surface area contributed by atoms with Gasteiger partial charge in [-0.05, 0) is 44.0 Å². The highest BCUT2D eigenvalue weighted by Crippen LogP contribution is 2.37. The highest BCUT2D eigenvalue weighted by Gasteiger charge is 2.25. The van der Waals surface area contributed by atoms with E-state index >= 15 is 4.39 Å². The van der Waals surface area contributed by atoms with Gasteiger partial charge in [0.2, 0.25) is 11.8 Å². The van der Waals surface area contributed by atoms with Crippen molar-refractivity contribution in [3.05, 3.63) is 48.2 Å². The van der Waals surface area contributed by atoms with Gasteiger partial charge in [-0.25, -0.2) is 14.4 Å². The summed E-state index contributed by atoms with van der Waals surface area (Å²) < 4.78 is 32.1. The Morgan fingerprint density at radius 1 is 1.13 bits per heavy atom. The average Bonchev–Trinajstić information content (AvgIpc) is 3.61. The Hall–Kier alpha value is -3.96. The summed E-state index contributed by atoms with van der Waals surface area (Å²) in [6, 6.07) is 8.40. The number of H-pyrrole nitrogens is 1. The average molecular weight is 525 g/mol. The molecule has 0 saturated heterocycles. The van der Waals surface area contributed by atoms with Gasteiger partial charge in [0, 0.05) is 35.1 Å². The SMILES string of the molecule is COc1cc2c(Oc3ccc4[nH]c(C)cc4c3F)ncnc2cc1OCC(O)CC(O)CC(=O)NC1CC1. The van der Waals surface area contributed by atoms with E-state index in [2.05, 4.69) is 20.3 Å². The lowest BCUT2D eigenvalue weighted by molar-refractivity contribution is -0.123. The first-order chi connectivity index (χ1) is 18.3. The van der Waals surface area contributed by atoms with Crippen LogP contribution in [0.1, 0.15) is 31.4 Å². The predicted octanol–water partition coefficient (Wildman–Crippen LogP) is 3.52. The number of hydrogen-bond donors (Lipinski definition) is 4. The number of nitrogens with one attached hydrogen (secondary N) is 2. The zero-order valence-electron chi connectivity index (χ0n) is 21.0. The monoisotopic (exact) mass is 524 g/mol. The fraction of sp³-hybridized carbons (Fsp3) is 0.370. The van der Waals surface area contributed by atoms with Crippen LogP contribution in [0.15, 0.2) is 36.7 Å². The van der Waals surface area contributed by atoms with Crippen LogP contribution < -0.4 is 19.5 Å². The number of amides is 1. The second-order valence-corrected chi connectivity index (χ2v) is 9.49. The maximum atomic E-state index is 15.1. The van der Waals surface area contributed by atoms with E-state index in [1.807, 2.05) is 6.92 Å². The molecule has 2 aromatic heterocycles. The van der Waals surface area contributed by atoms with Crippen LogP contribution in [-0.4, -0.2) is 63.0 Å². The quantitative estimate of drug-likeness (QED) is 0.234. The summed E-state index contributed by atoms with van der Waals surface area (Å²) in [5, 5.41) is 24.2. The predicted molar refractivity (Wildman–Crippen MR) is 137 cm³/mol. The smallest absolute Gasteiger partial charge is 0.230 e. The number of carbonyl (C=O) groups excluding carboxylic acids is 1. The van der Waals surface area contributed by atoms with Crippen molar-refractivity contribution in [1.29, 1.82) is 0 Å². The van der Waals surface area contributed by atoms with Gasteiger partial charge in [-0.15, -0.1) is 0 Å². The van der Waals surface area contributed by atoms with Crippen molar-refractivity contribution in [3.8, 4) is 23.1 Å². The minimum atomic E-state index is -1.02. The highest BCUT2D eigenvalue weighted by atomic mass is 19.1. The van der Waals surface area contributed by atoms with Crippen LogP contribution in [0.25, 0.3) is 21.8 Å². The number of benzene rings is 2. The van der Waals surface area contributed by atoms with Crippen molar-refractivity contribution in [1.82, 2.24) is 20.3 Å². The first kappa shape index (κ1) is 25.7. The normalized spacial score (nSPS) is 14.9. The maximum absolute atomic E-state index is 15.1. The van der Waals surface area contributed by atoms with Crippen molar-refractivity contribution in [2.45, 2.75) is 50.9 Å². The topological polar surface area (TPSA) is 139 Å². The Morgan fingerprint density at radius 2 is 1.95 bits per heavy atom. The molecule has 2 atom stereocenters. The minimum Gasteiger partial charge on any atom is -0.493 e. The van der Waals surface area contributed by atoms with Crippen LogP contribution >= 0.6 is 0 Å². The van der Waals surface area contributed by atoms with Crippen molar-refractivity contribution in [2.75, 3.05) is 13.7 Å². The summed E-state index contributed by atoms with van der Waals surface area (Å²) in [6.07, 6.45) is 1.11. The molecule has 2 aromatic carbocycles. The van der Waals surface area contributed by atoms with Gasteiger partial charge >= 0.3 is 0 Å². The van der Waals surface area contributed by atoms with E-state index in [0.717, 1.165) is 18.5 Å². The van der Waals surface area contributed by atoms with E-state index in [9.17, 15) is 15.0 Å². The number of ether oxygens (including phenoxy) is 3. The number of aliphatic hydroxyl groups excluding tert-OH is 2. The standard InChI is InChI=1S/C27H29FN4O6/c1-14-7-18-20(31-14)5-6-22(26(18)28)38-27-19-10-23(36-2)24(11-21(19)29-13-30-27)37-12-17(34)8-16(33)9-25(35)32-15-3-4-15/h5-7,10-11,13,15-17,31,33-34H,3-4,8-9,12H2,1-2H3,(H,32,35). The molecule has 4 N–H and O–H groups in total. The summed E-state index contributed by atoms with van der Waals surface area (Å²) in [5.41, 5.74) is 1.95. The van der Waals surface area contributed by atoms with Crippen LogP contribution in [0.2, 0.25) is 0 Å². The number of methoxy groups -OCH3 is 1. The molecule has 38 heavy (non-hydrogen) atoms. The number of aromatic nitrogens is 3. The van der Waals surface area contributed by atoms with Crippen LogP contribution in [-0.2, 0) is 4.79 Å². The Labute approximate surface area is 217 Å². The minimum absolute atomic E-state index is 0.0169. The lowest BCUT2D eigenvalue weighted by Gasteiger charge is -2.18. The van der Waals surface area contributed by atoms with Crippen LogP contribution in [0.5, 0.6) is 23.1 Å². The van der Waals surface area contributed by atoms with Gasteiger partial charge in [-0.2, -0.15) is 0 Å². The zero-order valence-corrected chi connectivity index (χ0v) is 21.0. The molecule has 1 amide bonds. The third-order valence-corrected chi connectivity index (χ3v) is 6.27. The number of carbonyl (C=O) groups is 1. The first-order valence-corrected chi connectivity index (χ1v) is 12.4. The fourth-order valence-electron chi connectivity index (χ4n) is 4.24. The fourth-order valence-corrected chi connectivity index (χ4v) is 4.24. The van der Waals surface area contributed by atoms with Gasteiger partial charge in [-0.3, -0.25) is 4.79 Å². The molecule has 2 unspecified atom stereocenters. The molecule has 0 aliphatic heterocycles. The highest BCUT2D eigenvalue weighted by molar-refractivity contribution is 5.87. The van der Waals surface area contributed by atoms with Gasteiger partial charge in [0.15, 0.2) is 23.1 Å². The summed E-state index contributed by atoms with van der Waals surface area (Å²) in [5.74, 6) is 0.0454. The molecule has 200 valence electrons. The molecule has 1 fully saturated rings. The second-order valence-electron chi connectivity index (χ2n) is 9.49. The molecule has 1 saturated carbocycles. The molecule has 1 aliphatic carbocycles. The van der Waals surface area contributed by atoms with Crippen molar-refractivity contribution < 1.29 is 33.6 Å². The number of fused-ring (bicyclic) bond motifs is 2. The molecule has 0 spiro atoms. The molecular formula is C27H29FN4O6. The number of aromatic amines is 1. The Kier molecular flexibility index (Phi) is 7.30. The number of aliphatic hydroxyl groups is 2. The molecule has 4 aromatic rings. The number of nitrogens with zero attached hydrogens (tertiary/aromatic N) is 2. The van der Waals surface area contributed by atoms with Crippen molar-refractivity contribution in [2.24, 2.45) is 0 Å². The third-order valence-electron chi connectivity index (χ3n) is 6.27. The first-order valence-electron chi connectivity index (χ1n) is 12.4. The summed E-state index contributed by atoms with van der Waals surface area (Å²) in [6.45, 7) is 1.71. The Morgan fingerprint density at radius 3 is 2.71 bits per heavy atom. The maximum Gasteiger partial charge on any atom is 0.230 e. The van der Waals surface area contributed by atoms with E-state index in [1.54, 1.807) is 24.3 Å². The van der Waals surface area contributed by atoms with Gasteiger partial charge in [0.25, 0.3) is 0 Å². The van der Waals surface area contributed by atoms with Gasteiger partial charge in [-0.1, -0.05) is 0 Å². The van der Waals surface area contributed by atoms with Gasteiger partial charge in [0.1, 0.15) is 12.9 Å². The lowest BCUT2D eigenvalue weighted by Crippen LogP contribution is -2.31. The van der Waals surface area contributed by atoms with Crippen molar-refractivity contribution >= 4 is 27.7 Å². The van der Waals surface area contributed by atoms with Crippen LogP contribution in [0.4, 0.5) is 4.39 Å². The number of rotatable bonds is 11. The molecule has 0 radical (unpaired) electrons. The second kappa shape index (κ2) is 10.8. The Bertz CT molecular complexity index is 1470. The summed E-state index contributed by atoms with van der Waals surface area (Å²) >= 11 is 0. The molecule has 1 aliphatic rings. The molecule has 10 nitrogen and oxygen atoms in total. The van der Waals surface area contributed by atoms with Crippen molar-refractivity contribution in [3.63, 3.8) is 0 Å². The van der Waals surface area contributed by atoms with E-state index in [-0.39, 0.29) is 43.0 Å². The number of hydrogen-bond acceptors (Lipinski definition) is 8. The van der Waals surface area contributed by atoms with E-state index in [0.29, 0.717) is 33.3 Å². The van der Waals surface area contributed by atoms with E-state index in [4.69, 9.17) is 14.2 Å².